The third-order valence-corrected chi connectivity index (χ3v) is 5.35. The van der Waals surface area contributed by atoms with Crippen LogP contribution in [0, 0.1) is 5.92 Å². The van der Waals surface area contributed by atoms with E-state index in [1.807, 2.05) is 9.47 Å². The Bertz CT molecular complexity index is 720. The fraction of sp³-hybridized carbons (Fsp3) is 0.412. The van der Waals surface area contributed by atoms with Crippen LogP contribution in [-0.4, -0.2) is 33.4 Å². The molecule has 4 nitrogen and oxygen atoms in total. The number of benzene rings is 1. The predicted octanol–water partition coefficient (Wildman–Crippen LogP) is 3.27. The summed E-state index contributed by atoms with van der Waals surface area (Å²) in [4.78, 5) is 18.9. The quantitative estimate of drug-likeness (QED) is 0.843. The van der Waals surface area contributed by atoms with Crippen LogP contribution in [0.5, 0.6) is 0 Å². The molecule has 1 atom stereocenters. The van der Waals surface area contributed by atoms with Crippen molar-refractivity contribution in [2.24, 2.45) is 5.92 Å². The Morgan fingerprint density at radius 2 is 2.05 bits per heavy atom. The lowest BCUT2D eigenvalue weighted by atomic mass is 9.88. The minimum atomic E-state index is -0.269. The number of hydrogen-bond acceptors (Lipinski definition) is 2. The van der Waals surface area contributed by atoms with Crippen LogP contribution in [-0.2, 0) is 5.54 Å². The first-order valence-electron chi connectivity index (χ1n) is 7.66. The van der Waals surface area contributed by atoms with Crippen LogP contribution in [0.2, 0.25) is 0 Å². The van der Waals surface area contributed by atoms with Crippen molar-refractivity contribution < 1.29 is 4.79 Å². The summed E-state index contributed by atoms with van der Waals surface area (Å²) in [6, 6.07) is 8.36. The fourth-order valence-electron chi connectivity index (χ4n) is 3.33. The molecular formula is C17H18BrN3O. The van der Waals surface area contributed by atoms with Crippen molar-refractivity contribution in [3.63, 3.8) is 0 Å². The number of aromatic nitrogens is 2. The summed E-state index contributed by atoms with van der Waals surface area (Å²) in [5.41, 5.74) is 1.62. The van der Waals surface area contributed by atoms with Crippen molar-refractivity contribution in [3.8, 4) is 0 Å². The zero-order valence-corrected chi connectivity index (χ0v) is 14.1. The second-order valence-corrected chi connectivity index (χ2v) is 7.47. The molecule has 114 valence electrons. The molecular weight excluding hydrogens is 342 g/mol. The number of nitrogens with zero attached hydrogens (tertiary/aromatic N) is 3. The van der Waals surface area contributed by atoms with E-state index >= 15 is 0 Å². The highest BCUT2D eigenvalue weighted by Gasteiger charge is 2.42. The van der Waals surface area contributed by atoms with Gasteiger partial charge in [-0.2, -0.15) is 0 Å². The zero-order chi connectivity index (χ0) is 15.3. The summed E-state index contributed by atoms with van der Waals surface area (Å²) in [5, 5.41) is 0. The Hall–Kier alpha value is -1.62. The number of fused-ring (bicyclic) bond motifs is 1. The maximum absolute atomic E-state index is 12.7. The summed E-state index contributed by atoms with van der Waals surface area (Å²) >= 11 is 3.49. The third-order valence-electron chi connectivity index (χ3n) is 4.82. The first-order valence-corrected chi connectivity index (χ1v) is 8.45. The van der Waals surface area contributed by atoms with E-state index in [-0.39, 0.29) is 11.4 Å². The van der Waals surface area contributed by atoms with E-state index in [9.17, 15) is 4.79 Å². The monoisotopic (exact) mass is 359 g/mol. The largest absolute Gasteiger partial charge is 0.334 e. The van der Waals surface area contributed by atoms with Crippen molar-refractivity contribution >= 4 is 21.8 Å². The van der Waals surface area contributed by atoms with Gasteiger partial charge in [-0.3, -0.25) is 4.79 Å². The molecule has 1 aromatic carbocycles. The fourth-order valence-corrected chi connectivity index (χ4v) is 3.59. The smallest absolute Gasteiger partial charge is 0.272 e. The summed E-state index contributed by atoms with van der Waals surface area (Å²) in [6.07, 6.45) is 5.97. The van der Waals surface area contributed by atoms with E-state index in [2.05, 4.69) is 52.1 Å². The van der Waals surface area contributed by atoms with Crippen molar-refractivity contribution in [2.75, 3.05) is 13.1 Å². The number of imidazole rings is 1. The maximum Gasteiger partial charge on any atom is 0.272 e. The summed E-state index contributed by atoms with van der Waals surface area (Å²) in [7, 11) is 0. The van der Waals surface area contributed by atoms with Gasteiger partial charge in [-0.15, -0.1) is 0 Å². The van der Waals surface area contributed by atoms with Gasteiger partial charge in [0.25, 0.3) is 5.91 Å². The minimum Gasteiger partial charge on any atom is -0.334 e. The zero-order valence-electron chi connectivity index (χ0n) is 12.5. The second-order valence-electron chi connectivity index (χ2n) is 6.56. The molecule has 0 radical (unpaired) electrons. The molecule has 0 saturated heterocycles. The van der Waals surface area contributed by atoms with E-state index in [0.29, 0.717) is 18.2 Å². The van der Waals surface area contributed by atoms with Gasteiger partial charge in [-0.05, 0) is 43.4 Å². The molecule has 1 aromatic heterocycles. The number of halogens is 1. The number of rotatable bonds is 3. The van der Waals surface area contributed by atoms with Gasteiger partial charge in [-0.25, -0.2) is 4.98 Å². The Morgan fingerprint density at radius 3 is 2.73 bits per heavy atom. The third kappa shape index (κ3) is 2.19. The molecule has 4 rings (SSSR count). The average molecular weight is 360 g/mol. The first-order chi connectivity index (χ1) is 10.6. The molecule has 1 saturated carbocycles. The van der Waals surface area contributed by atoms with Crippen molar-refractivity contribution in [1.29, 1.82) is 0 Å². The Kier molecular flexibility index (Phi) is 3.15. The Labute approximate surface area is 138 Å². The minimum absolute atomic E-state index is 0.110. The van der Waals surface area contributed by atoms with Crippen LogP contribution >= 0.6 is 15.9 Å². The lowest BCUT2D eigenvalue weighted by Crippen LogP contribution is -2.52. The molecule has 1 aliphatic carbocycles. The van der Waals surface area contributed by atoms with Gasteiger partial charge in [-0.1, -0.05) is 28.1 Å². The van der Waals surface area contributed by atoms with Crippen LogP contribution in [0.25, 0.3) is 0 Å². The highest BCUT2D eigenvalue weighted by atomic mass is 79.9. The number of amides is 1. The average Bonchev–Trinajstić information content (AvgIpc) is 3.16. The number of carbonyl (C=O) groups is 1. The normalized spacial score (nSPS) is 24.5. The highest BCUT2D eigenvalue weighted by Crippen LogP contribution is 2.36. The number of carbonyl (C=O) groups excluding carboxylic acids is 1. The van der Waals surface area contributed by atoms with Crippen LogP contribution < -0.4 is 0 Å². The lowest BCUT2D eigenvalue weighted by molar-refractivity contribution is 0.0609. The lowest BCUT2D eigenvalue weighted by Gasteiger charge is -2.42. The van der Waals surface area contributed by atoms with Gasteiger partial charge in [0.2, 0.25) is 0 Å². The van der Waals surface area contributed by atoms with Crippen LogP contribution in [0.3, 0.4) is 0 Å². The van der Waals surface area contributed by atoms with Gasteiger partial charge < -0.3 is 9.47 Å². The summed E-state index contributed by atoms with van der Waals surface area (Å²) in [6.45, 7) is 3.76. The number of hydrogen-bond donors (Lipinski definition) is 0. The molecule has 1 unspecified atom stereocenters. The van der Waals surface area contributed by atoms with Crippen LogP contribution in [0.4, 0.5) is 0 Å². The summed E-state index contributed by atoms with van der Waals surface area (Å²) in [5.74, 6) is 0.798. The molecule has 0 bridgehead atoms. The predicted molar refractivity (Wildman–Crippen MR) is 87.7 cm³/mol. The van der Waals surface area contributed by atoms with Gasteiger partial charge >= 0.3 is 0 Å². The van der Waals surface area contributed by atoms with Crippen molar-refractivity contribution in [1.82, 2.24) is 14.5 Å². The van der Waals surface area contributed by atoms with E-state index in [0.717, 1.165) is 11.0 Å². The molecule has 0 spiro atoms. The van der Waals surface area contributed by atoms with Gasteiger partial charge in [0.15, 0.2) is 0 Å². The molecule has 2 aromatic rings. The summed E-state index contributed by atoms with van der Waals surface area (Å²) < 4.78 is 3.09. The molecule has 22 heavy (non-hydrogen) atoms. The van der Waals surface area contributed by atoms with Crippen LogP contribution in [0.15, 0.2) is 41.3 Å². The Morgan fingerprint density at radius 1 is 1.32 bits per heavy atom. The van der Waals surface area contributed by atoms with Crippen molar-refractivity contribution in [2.45, 2.75) is 25.3 Å². The molecule has 0 N–H and O–H groups in total. The standard InChI is InChI=1S/C17H18BrN3O/c1-17(13-4-6-14(18)7-5-13)10-20(9-12-2-3-12)16(22)15-8-19-11-21(15)17/h4-8,11-12H,2-3,9-10H2,1H3. The van der Waals surface area contributed by atoms with Gasteiger partial charge in [0.05, 0.1) is 18.1 Å². The van der Waals surface area contributed by atoms with E-state index in [4.69, 9.17) is 0 Å². The SMILES string of the molecule is CC1(c2ccc(Br)cc2)CN(CC2CC2)C(=O)c2cncn21. The highest BCUT2D eigenvalue weighted by molar-refractivity contribution is 9.10. The van der Waals surface area contributed by atoms with Gasteiger partial charge in [0, 0.05) is 17.6 Å². The van der Waals surface area contributed by atoms with E-state index < -0.39 is 0 Å². The second kappa shape index (κ2) is 4.95. The molecule has 1 amide bonds. The first kappa shape index (κ1) is 14.0. The van der Waals surface area contributed by atoms with Crippen molar-refractivity contribution in [3.05, 3.63) is 52.5 Å². The maximum atomic E-state index is 12.7. The van der Waals surface area contributed by atoms with E-state index in [1.54, 1.807) is 12.5 Å². The van der Waals surface area contributed by atoms with E-state index in [1.165, 1.54) is 18.4 Å². The molecule has 2 aliphatic rings. The molecule has 2 heterocycles. The Balaban J connectivity index is 1.78. The molecule has 1 fully saturated rings. The molecule has 5 heteroatoms. The topological polar surface area (TPSA) is 38.1 Å². The van der Waals surface area contributed by atoms with Gasteiger partial charge in [0.1, 0.15) is 5.69 Å². The van der Waals surface area contributed by atoms with Crippen LogP contribution in [0.1, 0.15) is 35.8 Å². The molecule has 1 aliphatic heterocycles.